The molecule has 0 spiro atoms. The summed E-state index contributed by atoms with van der Waals surface area (Å²) < 4.78 is 12.3. The number of ether oxygens (including phenoxy) is 1. The van der Waals surface area contributed by atoms with Gasteiger partial charge < -0.3 is 9.16 Å². The summed E-state index contributed by atoms with van der Waals surface area (Å²) in [6.07, 6.45) is 7.74. The maximum atomic E-state index is 6.81. The highest BCUT2D eigenvalue weighted by atomic mass is 35.5. The predicted octanol–water partition coefficient (Wildman–Crippen LogP) is 6.66. The number of hydrogen-bond donors (Lipinski definition) is 0. The van der Waals surface area contributed by atoms with Gasteiger partial charge >= 0.3 is 0 Å². The summed E-state index contributed by atoms with van der Waals surface area (Å²) in [6.45, 7) is 8.57. The molecule has 0 radical (unpaired) electrons. The zero-order valence-corrected chi connectivity index (χ0v) is 18.2. The summed E-state index contributed by atoms with van der Waals surface area (Å²) in [4.78, 5) is 4.10. The molecule has 1 saturated heterocycles. The highest BCUT2D eigenvalue weighted by molar-refractivity contribution is 6.73. The lowest BCUT2D eigenvalue weighted by atomic mass is 9.98. The average Bonchev–Trinajstić information content (AvgIpc) is 3.12. The van der Waals surface area contributed by atoms with E-state index in [2.05, 4.69) is 25.8 Å². The fourth-order valence-electron chi connectivity index (χ4n) is 3.70. The molecule has 6 heteroatoms. The second-order valence-electron chi connectivity index (χ2n) is 7.03. The minimum atomic E-state index is -1.75. The highest BCUT2D eigenvalue weighted by Crippen LogP contribution is 2.39. The van der Waals surface area contributed by atoms with Crippen molar-refractivity contribution in [2.24, 2.45) is 5.92 Å². The average molecular weight is 404 g/mol. The van der Waals surface area contributed by atoms with Crippen molar-refractivity contribution in [2.45, 2.75) is 70.7 Å². The van der Waals surface area contributed by atoms with Crippen LogP contribution in [0.2, 0.25) is 28.2 Å². The number of hydrogen-bond acceptors (Lipinski definition) is 3. The van der Waals surface area contributed by atoms with Crippen LogP contribution >= 0.6 is 23.2 Å². The van der Waals surface area contributed by atoms with Crippen molar-refractivity contribution in [1.29, 1.82) is 0 Å². The number of halogens is 2. The first-order chi connectivity index (χ1) is 12.0. The molecule has 0 aromatic carbocycles. The number of rotatable bonds is 10. The molecule has 0 bridgehead atoms. The van der Waals surface area contributed by atoms with Gasteiger partial charge in [-0.2, -0.15) is 0 Å². The first-order valence-electron chi connectivity index (χ1n) is 9.59. The molecule has 1 aromatic heterocycles. The van der Waals surface area contributed by atoms with Gasteiger partial charge in [0.05, 0.1) is 16.1 Å². The topological polar surface area (TPSA) is 31.4 Å². The van der Waals surface area contributed by atoms with E-state index in [4.69, 9.17) is 32.4 Å². The number of pyridine rings is 1. The SMILES string of the molecule is CC[Si](CC)(CC)OC(CCC[C@H]1CCOC1)c1c(Cl)cncc1Cl. The summed E-state index contributed by atoms with van der Waals surface area (Å²) in [7, 11) is -1.75. The molecular formula is C19H31Cl2NO2Si. The summed E-state index contributed by atoms with van der Waals surface area (Å²) in [6, 6.07) is 3.36. The Hall–Kier alpha value is -0.133. The van der Waals surface area contributed by atoms with E-state index in [1.54, 1.807) is 12.4 Å². The Morgan fingerprint density at radius 3 is 2.36 bits per heavy atom. The predicted molar refractivity (Wildman–Crippen MR) is 108 cm³/mol. The monoisotopic (exact) mass is 403 g/mol. The van der Waals surface area contributed by atoms with Crippen molar-refractivity contribution in [3.05, 3.63) is 28.0 Å². The Kier molecular flexibility index (Phi) is 8.69. The number of nitrogens with zero attached hydrogens (tertiary/aromatic N) is 1. The van der Waals surface area contributed by atoms with E-state index in [0.717, 1.165) is 49.8 Å². The molecule has 1 aliphatic heterocycles. The minimum absolute atomic E-state index is 0.0307. The van der Waals surface area contributed by atoms with Gasteiger partial charge in [0.2, 0.25) is 0 Å². The van der Waals surface area contributed by atoms with Crippen LogP contribution in [-0.2, 0) is 9.16 Å². The van der Waals surface area contributed by atoms with Gasteiger partial charge in [-0.1, -0.05) is 50.4 Å². The summed E-state index contributed by atoms with van der Waals surface area (Å²) in [5.74, 6) is 0.689. The van der Waals surface area contributed by atoms with E-state index in [1.165, 1.54) is 12.8 Å². The molecule has 1 aliphatic rings. The van der Waals surface area contributed by atoms with Crippen molar-refractivity contribution >= 4 is 31.5 Å². The van der Waals surface area contributed by atoms with E-state index >= 15 is 0 Å². The van der Waals surface area contributed by atoms with Gasteiger partial charge in [0, 0.05) is 31.2 Å². The maximum Gasteiger partial charge on any atom is 0.192 e. The lowest BCUT2D eigenvalue weighted by Gasteiger charge is -2.34. The molecule has 1 fully saturated rings. The van der Waals surface area contributed by atoms with Crippen molar-refractivity contribution < 1.29 is 9.16 Å². The summed E-state index contributed by atoms with van der Waals surface area (Å²) in [5.41, 5.74) is 0.924. The molecule has 0 saturated carbocycles. The fraction of sp³-hybridized carbons (Fsp3) is 0.737. The van der Waals surface area contributed by atoms with E-state index in [9.17, 15) is 0 Å². The molecule has 0 aliphatic carbocycles. The van der Waals surface area contributed by atoms with E-state index < -0.39 is 8.32 Å². The molecule has 3 nitrogen and oxygen atoms in total. The second kappa shape index (κ2) is 10.3. The van der Waals surface area contributed by atoms with Gasteiger partial charge in [-0.3, -0.25) is 4.98 Å². The zero-order chi connectivity index (χ0) is 18.3. The lowest BCUT2D eigenvalue weighted by Crippen LogP contribution is -2.37. The van der Waals surface area contributed by atoms with Gasteiger partial charge in [0.25, 0.3) is 0 Å². The van der Waals surface area contributed by atoms with Gasteiger partial charge in [-0.25, -0.2) is 0 Å². The van der Waals surface area contributed by atoms with Crippen molar-refractivity contribution in [1.82, 2.24) is 4.98 Å². The summed E-state index contributed by atoms with van der Waals surface area (Å²) >= 11 is 12.9. The molecule has 1 aromatic rings. The largest absolute Gasteiger partial charge is 0.410 e. The van der Waals surface area contributed by atoms with Crippen LogP contribution in [0.5, 0.6) is 0 Å². The summed E-state index contributed by atoms with van der Waals surface area (Å²) in [5, 5.41) is 1.24. The van der Waals surface area contributed by atoms with Gasteiger partial charge in [-0.05, 0) is 43.3 Å². The lowest BCUT2D eigenvalue weighted by molar-refractivity contribution is 0.166. The van der Waals surface area contributed by atoms with Gasteiger partial charge in [-0.15, -0.1) is 0 Å². The van der Waals surface area contributed by atoms with Crippen LogP contribution in [0.15, 0.2) is 12.4 Å². The third kappa shape index (κ3) is 5.67. The molecule has 2 atom stereocenters. The molecular weight excluding hydrogens is 373 g/mol. The van der Waals surface area contributed by atoms with Crippen LogP contribution < -0.4 is 0 Å². The molecule has 25 heavy (non-hydrogen) atoms. The first-order valence-corrected chi connectivity index (χ1v) is 12.9. The van der Waals surface area contributed by atoms with Gasteiger partial charge in [0.15, 0.2) is 8.32 Å². The Morgan fingerprint density at radius 1 is 1.20 bits per heavy atom. The van der Waals surface area contributed by atoms with Gasteiger partial charge in [0.1, 0.15) is 0 Å². The third-order valence-electron chi connectivity index (χ3n) is 5.64. The molecule has 142 valence electrons. The fourth-order valence-corrected chi connectivity index (χ4v) is 7.14. The van der Waals surface area contributed by atoms with Crippen molar-refractivity contribution in [3.63, 3.8) is 0 Å². The maximum absolute atomic E-state index is 6.81. The van der Waals surface area contributed by atoms with E-state index in [-0.39, 0.29) is 6.10 Å². The van der Waals surface area contributed by atoms with Crippen LogP contribution in [0.25, 0.3) is 0 Å². The molecule has 0 amide bonds. The normalized spacial score (nSPS) is 19.3. The Bertz CT molecular complexity index is 506. The van der Waals surface area contributed by atoms with Crippen LogP contribution in [0.4, 0.5) is 0 Å². The third-order valence-corrected chi connectivity index (χ3v) is 10.9. The second-order valence-corrected chi connectivity index (χ2v) is 12.6. The van der Waals surface area contributed by atoms with Crippen molar-refractivity contribution in [3.8, 4) is 0 Å². The number of aromatic nitrogens is 1. The van der Waals surface area contributed by atoms with E-state index in [0.29, 0.717) is 16.0 Å². The standard InChI is InChI=1S/C19H31Cl2NO2Si/c1-4-25(5-2,6-3)24-18(9-7-8-15-10-11-23-14-15)19-16(20)12-22-13-17(19)21/h12-13,15,18H,4-11,14H2,1-3H3/t15-,18?/m0/s1. The minimum Gasteiger partial charge on any atom is -0.410 e. The van der Waals surface area contributed by atoms with Crippen LogP contribution in [0.3, 0.4) is 0 Å². The Morgan fingerprint density at radius 2 is 1.84 bits per heavy atom. The zero-order valence-electron chi connectivity index (χ0n) is 15.7. The molecule has 2 heterocycles. The highest BCUT2D eigenvalue weighted by Gasteiger charge is 2.34. The molecule has 1 unspecified atom stereocenters. The van der Waals surface area contributed by atoms with Crippen molar-refractivity contribution in [2.75, 3.05) is 13.2 Å². The molecule has 2 rings (SSSR count). The van der Waals surface area contributed by atoms with Crippen LogP contribution in [-0.4, -0.2) is 26.5 Å². The smallest absolute Gasteiger partial charge is 0.192 e. The van der Waals surface area contributed by atoms with Crippen LogP contribution in [0, 0.1) is 5.92 Å². The van der Waals surface area contributed by atoms with E-state index in [1.807, 2.05) is 0 Å². The van der Waals surface area contributed by atoms with Crippen LogP contribution in [0.1, 0.15) is 58.1 Å². The molecule has 0 N–H and O–H groups in total. The Labute approximate surface area is 163 Å². The quantitative estimate of drug-likeness (QED) is 0.409. The first kappa shape index (κ1) is 21.2. The Balaban J connectivity index is 2.15.